The third-order valence-electron chi connectivity index (χ3n) is 5.03. The van der Waals surface area contributed by atoms with E-state index in [0.717, 1.165) is 0 Å². The van der Waals surface area contributed by atoms with Crippen molar-refractivity contribution in [2.75, 3.05) is 18.5 Å². The molecule has 160 valence electrons. The summed E-state index contributed by atoms with van der Waals surface area (Å²) in [6.07, 6.45) is -10.6. The Morgan fingerprint density at radius 2 is 1.97 bits per heavy atom. The fraction of sp³-hybridized carbons (Fsp3) is 0.625. The smallest absolute Gasteiger partial charge is 0.226 e. The van der Waals surface area contributed by atoms with Crippen LogP contribution in [0, 0.1) is 0 Å². The lowest BCUT2D eigenvalue weighted by Crippen LogP contribution is -2.53. The number of aliphatic hydroxyl groups excluding tert-OH is 4. The molecule has 13 heteroatoms. The number of rotatable bonds is 4. The van der Waals surface area contributed by atoms with Gasteiger partial charge in [0, 0.05) is 6.20 Å². The molecule has 4 heterocycles. The van der Waals surface area contributed by atoms with Gasteiger partial charge < -0.3 is 39.8 Å². The average Bonchev–Trinajstić information content (AvgIpc) is 3.23. The highest BCUT2D eigenvalue weighted by Crippen LogP contribution is 2.35. The number of hydrogen-bond acceptors (Lipinski definition) is 9. The van der Waals surface area contributed by atoms with Crippen molar-refractivity contribution in [2.24, 2.45) is 0 Å². The van der Waals surface area contributed by atoms with Crippen molar-refractivity contribution in [2.45, 2.75) is 49.2 Å². The summed E-state index contributed by atoms with van der Waals surface area (Å²) >= 11 is 5.96. The SMILES string of the molecule is OC[C@@H]1O[C@@H](n2ccc3c(N[C@H]4OC[C@@H](O)[C@@H](O)[C@@H]4F)nc(Cl)nc32)[C@@H](F)[C@H]1O. The maximum Gasteiger partial charge on any atom is 0.226 e. The van der Waals surface area contributed by atoms with Gasteiger partial charge in [-0.3, -0.25) is 0 Å². The highest BCUT2D eigenvalue weighted by Gasteiger charge is 2.45. The van der Waals surface area contributed by atoms with Crippen LogP contribution >= 0.6 is 11.6 Å². The Hall–Kier alpha value is -1.67. The van der Waals surface area contributed by atoms with Gasteiger partial charge in [-0.2, -0.15) is 9.97 Å². The lowest BCUT2D eigenvalue weighted by atomic mass is 10.1. The molecule has 10 nitrogen and oxygen atoms in total. The third kappa shape index (κ3) is 3.54. The second-order valence-corrected chi connectivity index (χ2v) is 7.22. The number of hydrogen-bond donors (Lipinski definition) is 5. The van der Waals surface area contributed by atoms with Gasteiger partial charge in [0.15, 0.2) is 24.8 Å². The van der Waals surface area contributed by atoms with E-state index in [1.165, 1.54) is 16.8 Å². The van der Waals surface area contributed by atoms with Crippen LogP contribution < -0.4 is 5.32 Å². The number of halogens is 3. The topological polar surface area (TPSA) is 142 Å². The first-order chi connectivity index (χ1) is 13.8. The average molecular weight is 437 g/mol. The summed E-state index contributed by atoms with van der Waals surface area (Å²) in [4.78, 5) is 8.05. The molecule has 0 aliphatic carbocycles. The maximum atomic E-state index is 14.5. The summed E-state index contributed by atoms with van der Waals surface area (Å²) in [5, 5.41) is 41.0. The normalized spacial score (nSPS) is 37.9. The molecule has 2 aromatic heterocycles. The predicted octanol–water partition coefficient (Wildman–Crippen LogP) is -0.499. The van der Waals surface area contributed by atoms with Crippen molar-refractivity contribution in [3.05, 3.63) is 17.5 Å². The monoisotopic (exact) mass is 436 g/mol. The lowest BCUT2D eigenvalue weighted by Gasteiger charge is -2.34. The van der Waals surface area contributed by atoms with Gasteiger partial charge in [-0.25, -0.2) is 8.78 Å². The van der Waals surface area contributed by atoms with E-state index < -0.39 is 55.8 Å². The highest BCUT2D eigenvalue weighted by molar-refractivity contribution is 6.28. The number of fused-ring (bicyclic) bond motifs is 1. The van der Waals surface area contributed by atoms with E-state index in [9.17, 15) is 29.2 Å². The Morgan fingerprint density at radius 1 is 1.21 bits per heavy atom. The molecule has 4 rings (SSSR count). The van der Waals surface area contributed by atoms with Gasteiger partial charge in [0.05, 0.1) is 18.6 Å². The van der Waals surface area contributed by atoms with Gasteiger partial charge in [-0.15, -0.1) is 0 Å². The summed E-state index contributed by atoms with van der Waals surface area (Å²) in [7, 11) is 0. The summed E-state index contributed by atoms with van der Waals surface area (Å²) in [6, 6.07) is 1.50. The largest absolute Gasteiger partial charge is 0.394 e. The van der Waals surface area contributed by atoms with Gasteiger partial charge in [-0.1, -0.05) is 0 Å². The van der Waals surface area contributed by atoms with Crippen molar-refractivity contribution < 1.29 is 38.7 Å². The standard InChI is InChI=1S/C16H19ClF2N4O6/c17-16-21-12(20-14-8(18)10(26)6(25)4-28-14)5-1-2-23(13(5)22-16)15-9(19)11(27)7(3-24)29-15/h1-2,6-11,14-15,24-27H,3-4H2,(H,20,21,22)/t6-,7+,8+,9+,10-,11+,14+,15-/m1/s1. The number of anilines is 1. The molecule has 2 aromatic rings. The number of aliphatic hydroxyl groups is 4. The van der Waals surface area contributed by atoms with Crippen molar-refractivity contribution >= 4 is 28.5 Å². The molecule has 5 N–H and O–H groups in total. The lowest BCUT2D eigenvalue weighted by molar-refractivity contribution is -0.155. The van der Waals surface area contributed by atoms with Crippen LogP contribution in [-0.2, 0) is 9.47 Å². The molecule has 29 heavy (non-hydrogen) atoms. The fourth-order valence-electron chi connectivity index (χ4n) is 3.44. The van der Waals surface area contributed by atoms with E-state index >= 15 is 0 Å². The molecule has 2 aliphatic rings. The number of nitrogens with one attached hydrogen (secondary N) is 1. The van der Waals surface area contributed by atoms with Crippen molar-refractivity contribution in [1.29, 1.82) is 0 Å². The van der Waals surface area contributed by atoms with Crippen LogP contribution in [0.1, 0.15) is 6.23 Å². The zero-order valence-electron chi connectivity index (χ0n) is 14.8. The second-order valence-electron chi connectivity index (χ2n) is 6.88. The molecule has 0 aromatic carbocycles. The fourth-order valence-corrected chi connectivity index (χ4v) is 3.61. The van der Waals surface area contributed by atoms with Crippen LogP contribution in [0.5, 0.6) is 0 Å². The Bertz CT molecular complexity index is 890. The highest BCUT2D eigenvalue weighted by atomic mass is 35.5. The molecule has 0 radical (unpaired) electrons. The van der Waals surface area contributed by atoms with Crippen LogP contribution in [0.3, 0.4) is 0 Å². The van der Waals surface area contributed by atoms with Crippen molar-refractivity contribution in [3.63, 3.8) is 0 Å². The van der Waals surface area contributed by atoms with E-state index in [1.807, 2.05) is 0 Å². The number of aromatic nitrogens is 3. The minimum atomic E-state index is -1.95. The van der Waals surface area contributed by atoms with E-state index in [-0.39, 0.29) is 23.4 Å². The zero-order chi connectivity index (χ0) is 20.9. The summed E-state index contributed by atoms with van der Waals surface area (Å²) < 4.78 is 40.6. The molecule has 8 atom stereocenters. The first kappa shape index (κ1) is 20.6. The molecule has 0 spiro atoms. The van der Waals surface area contributed by atoms with Crippen molar-refractivity contribution in [1.82, 2.24) is 14.5 Å². The van der Waals surface area contributed by atoms with Gasteiger partial charge in [0.25, 0.3) is 0 Å². The third-order valence-corrected chi connectivity index (χ3v) is 5.20. The molecular weight excluding hydrogens is 418 g/mol. The van der Waals surface area contributed by atoms with E-state index in [4.69, 9.17) is 21.1 Å². The van der Waals surface area contributed by atoms with Crippen LogP contribution in [0.2, 0.25) is 5.28 Å². The summed E-state index contributed by atoms with van der Waals surface area (Å²) in [5.74, 6) is 0.0580. The number of nitrogens with zero attached hydrogens (tertiary/aromatic N) is 3. The predicted molar refractivity (Wildman–Crippen MR) is 94.7 cm³/mol. The molecule has 0 amide bonds. The Kier molecular flexibility index (Phi) is 5.59. The van der Waals surface area contributed by atoms with Crippen LogP contribution in [-0.4, -0.2) is 91.2 Å². The molecule has 2 fully saturated rings. The van der Waals surface area contributed by atoms with E-state index in [2.05, 4.69) is 15.3 Å². The Morgan fingerprint density at radius 3 is 2.66 bits per heavy atom. The molecule has 2 aliphatic heterocycles. The van der Waals surface area contributed by atoms with Gasteiger partial charge in [0.2, 0.25) is 5.28 Å². The number of alkyl halides is 2. The Balaban J connectivity index is 1.66. The molecule has 2 saturated heterocycles. The molecular formula is C16H19ClF2N4O6. The van der Waals surface area contributed by atoms with Crippen molar-refractivity contribution in [3.8, 4) is 0 Å². The molecule has 0 bridgehead atoms. The Labute approximate surface area is 167 Å². The van der Waals surface area contributed by atoms with Crippen LogP contribution in [0.25, 0.3) is 11.0 Å². The molecule has 0 unspecified atom stereocenters. The first-order valence-electron chi connectivity index (χ1n) is 8.82. The minimum Gasteiger partial charge on any atom is -0.394 e. The maximum absolute atomic E-state index is 14.5. The van der Waals surface area contributed by atoms with Gasteiger partial charge in [0.1, 0.15) is 35.9 Å². The number of ether oxygens (including phenoxy) is 2. The van der Waals surface area contributed by atoms with E-state index in [0.29, 0.717) is 5.39 Å². The second kappa shape index (κ2) is 7.87. The summed E-state index contributed by atoms with van der Waals surface area (Å²) in [6.45, 7) is -0.854. The van der Waals surface area contributed by atoms with Gasteiger partial charge in [-0.05, 0) is 17.7 Å². The van der Waals surface area contributed by atoms with Gasteiger partial charge >= 0.3 is 0 Å². The molecule has 0 saturated carbocycles. The minimum absolute atomic E-state index is 0.0580. The first-order valence-corrected chi connectivity index (χ1v) is 9.20. The van der Waals surface area contributed by atoms with E-state index in [1.54, 1.807) is 0 Å². The van der Waals surface area contributed by atoms with Crippen LogP contribution in [0.15, 0.2) is 12.3 Å². The quantitative estimate of drug-likeness (QED) is 0.401. The summed E-state index contributed by atoms with van der Waals surface area (Å²) in [5.41, 5.74) is 0.137. The zero-order valence-corrected chi connectivity index (χ0v) is 15.5. The van der Waals surface area contributed by atoms with Crippen LogP contribution in [0.4, 0.5) is 14.6 Å².